The highest BCUT2D eigenvalue weighted by atomic mass is 16.5. The van der Waals surface area contributed by atoms with Gasteiger partial charge >= 0.3 is 0 Å². The second-order valence-electron chi connectivity index (χ2n) is 5.11. The fourth-order valence-corrected chi connectivity index (χ4v) is 2.21. The maximum Gasteiger partial charge on any atom is 0.0615 e. The molecule has 114 valence electrons. The van der Waals surface area contributed by atoms with Gasteiger partial charge in [-0.15, -0.1) is 0 Å². The maximum atomic E-state index is 5.26. The third-order valence-corrected chi connectivity index (χ3v) is 3.40. The summed E-state index contributed by atoms with van der Waals surface area (Å²) in [6.07, 6.45) is 0. The SMILES string of the molecule is CNCc1ccc(CN(CCOC)C(C)COC)cc1. The zero-order chi connectivity index (χ0) is 14.8. The molecule has 1 atom stereocenters. The second-order valence-corrected chi connectivity index (χ2v) is 5.11. The van der Waals surface area contributed by atoms with Crippen LogP contribution in [0.4, 0.5) is 0 Å². The molecular weight excluding hydrogens is 252 g/mol. The molecule has 0 saturated heterocycles. The fourth-order valence-electron chi connectivity index (χ4n) is 2.21. The predicted molar refractivity (Wildman–Crippen MR) is 82.8 cm³/mol. The number of rotatable bonds is 10. The van der Waals surface area contributed by atoms with E-state index in [9.17, 15) is 0 Å². The average molecular weight is 280 g/mol. The van der Waals surface area contributed by atoms with Gasteiger partial charge in [0, 0.05) is 39.9 Å². The number of hydrogen-bond donors (Lipinski definition) is 1. The molecule has 0 heterocycles. The Kier molecular flexibility index (Phi) is 8.46. The van der Waals surface area contributed by atoms with Gasteiger partial charge in [-0.05, 0) is 25.1 Å². The fraction of sp³-hybridized carbons (Fsp3) is 0.625. The van der Waals surface area contributed by atoms with Crippen LogP contribution in [0.5, 0.6) is 0 Å². The van der Waals surface area contributed by atoms with Crippen LogP contribution in [0.3, 0.4) is 0 Å². The van der Waals surface area contributed by atoms with Crippen molar-refractivity contribution in [3.63, 3.8) is 0 Å². The largest absolute Gasteiger partial charge is 0.383 e. The first-order valence-electron chi connectivity index (χ1n) is 7.15. The van der Waals surface area contributed by atoms with Gasteiger partial charge in [0.2, 0.25) is 0 Å². The molecule has 0 aliphatic rings. The highest BCUT2D eigenvalue weighted by molar-refractivity contribution is 5.22. The van der Waals surface area contributed by atoms with Crippen LogP contribution in [0.1, 0.15) is 18.1 Å². The Balaban J connectivity index is 2.62. The smallest absolute Gasteiger partial charge is 0.0615 e. The summed E-state index contributed by atoms with van der Waals surface area (Å²) in [5.41, 5.74) is 2.63. The van der Waals surface area contributed by atoms with Crippen molar-refractivity contribution in [2.45, 2.75) is 26.1 Å². The van der Waals surface area contributed by atoms with Gasteiger partial charge in [-0.25, -0.2) is 0 Å². The van der Waals surface area contributed by atoms with Gasteiger partial charge in [-0.2, -0.15) is 0 Å². The lowest BCUT2D eigenvalue weighted by atomic mass is 10.1. The molecule has 0 aromatic heterocycles. The first-order chi connectivity index (χ1) is 9.71. The Morgan fingerprint density at radius 1 is 1.10 bits per heavy atom. The Bertz CT molecular complexity index is 354. The first-order valence-corrected chi connectivity index (χ1v) is 7.15. The number of benzene rings is 1. The monoisotopic (exact) mass is 280 g/mol. The predicted octanol–water partition coefficient (Wildman–Crippen LogP) is 1.89. The molecule has 1 aromatic rings. The molecule has 1 N–H and O–H groups in total. The van der Waals surface area contributed by atoms with Gasteiger partial charge in [0.25, 0.3) is 0 Å². The van der Waals surface area contributed by atoms with E-state index in [0.29, 0.717) is 6.04 Å². The van der Waals surface area contributed by atoms with E-state index >= 15 is 0 Å². The van der Waals surface area contributed by atoms with E-state index < -0.39 is 0 Å². The summed E-state index contributed by atoms with van der Waals surface area (Å²) in [6.45, 7) is 6.42. The van der Waals surface area contributed by atoms with Crippen molar-refractivity contribution in [1.82, 2.24) is 10.2 Å². The van der Waals surface area contributed by atoms with Crippen molar-refractivity contribution in [2.75, 3.05) is 41.0 Å². The highest BCUT2D eigenvalue weighted by Gasteiger charge is 2.13. The summed E-state index contributed by atoms with van der Waals surface area (Å²) in [5, 5.41) is 3.16. The molecule has 4 nitrogen and oxygen atoms in total. The molecule has 0 aliphatic carbocycles. The minimum Gasteiger partial charge on any atom is -0.383 e. The van der Waals surface area contributed by atoms with E-state index in [2.05, 4.69) is 41.4 Å². The topological polar surface area (TPSA) is 33.7 Å². The zero-order valence-corrected chi connectivity index (χ0v) is 13.2. The molecule has 1 rings (SSSR count). The number of nitrogens with one attached hydrogen (secondary N) is 1. The molecule has 0 aliphatic heterocycles. The normalized spacial score (nSPS) is 12.8. The Morgan fingerprint density at radius 2 is 1.75 bits per heavy atom. The van der Waals surface area contributed by atoms with Gasteiger partial charge in [0.05, 0.1) is 13.2 Å². The lowest BCUT2D eigenvalue weighted by Crippen LogP contribution is -2.38. The van der Waals surface area contributed by atoms with Crippen LogP contribution in [0.2, 0.25) is 0 Å². The van der Waals surface area contributed by atoms with Crippen molar-refractivity contribution in [3.05, 3.63) is 35.4 Å². The quantitative estimate of drug-likeness (QED) is 0.709. The standard InChI is InChI=1S/C16H28N2O2/c1-14(13-20-4)18(9-10-19-3)12-16-7-5-15(6-8-16)11-17-2/h5-8,14,17H,9-13H2,1-4H3. The summed E-state index contributed by atoms with van der Waals surface area (Å²) >= 11 is 0. The van der Waals surface area contributed by atoms with E-state index in [0.717, 1.165) is 32.8 Å². The second kappa shape index (κ2) is 9.88. The minimum atomic E-state index is 0.382. The first kappa shape index (κ1) is 17.1. The molecule has 0 bridgehead atoms. The molecular formula is C16H28N2O2. The number of hydrogen-bond acceptors (Lipinski definition) is 4. The molecule has 0 radical (unpaired) electrons. The molecule has 0 saturated carbocycles. The minimum absolute atomic E-state index is 0.382. The van der Waals surface area contributed by atoms with Crippen molar-refractivity contribution >= 4 is 0 Å². The molecule has 1 aromatic carbocycles. The summed E-state index contributed by atoms with van der Waals surface area (Å²) < 4.78 is 10.5. The number of nitrogens with zero attached hydrogens (tertiary/aromatic N) is 1. The van der Waals surface area contributed by atoms with Crippen LogP contribution < -0.4 is 5.32 Å². The van der Waals surface area contributed by atoms with E-state index in [1.54, 1.807) is 14.2 Å². The Hall–Kier alpha value is -0.940. The maximum absolute atomic E-state index is 5.26. The molecule has 0 fully saturated rings. The molecule has 1 unspecified atom stereocenters. The Morgan fingerprint density at radius 3 is 2.30 bits per heavy atom. The van der Waals surface area contributed by atoms with E-state index in [1.807, 2.05) is 7.05 Å². The van der Waals surface area contributed by atoms with Gasteiger partial charge in [0.1, 0.15) is 0 Å². The van der Waals surface area contributed by atoms with Crippen LogP contribution in [0, 0.1) is 0 Å². The average Bonchev–Trinajstić information content (AvgIpc) is 2.45. The van der Waals surface area contributed by atoms with Crippen LogP contribution in [-0.4, -0.2) is 52.0 Å². The summed E-state index contributed by atoms with van der Waals surface area (Å²) in [5.74, 6) is 0. The van der Waals surface area contributed by atoms with E-state index in [1.165, 1.54) is 11.1 Å². The lowest BCUT2D eigenvalue weighted by molar-refractivity contribution is 0.0705. The highest BCUT2D eigenvalue weighted by Crippen LogP contribution is 2.10. The number of ether oxygens (including phenoxy) is 2. The van der Waals surface area contributed by atoms with Gasteiger partial charge in [0.15, 0.2) is 0 Å². The van der Waals surface area contributed by atoms with E-state index in [4.69, 9.17) is 9.47 Å². The van der Waals surface area contributed by atoms with Gasteiger partial charge in [-0.1, -0.05) is 24.3 Å². The van der Waals surface area contributed by atoms with Gasteiger partial charge < -0.3 is 14.8 Å². The van der Waals surface area contributed by atoms with Crippen molar-refractivity contribution in [3.8, 4) is 0 Å². The number of methoxy groups -OCH3 is 2. The molecule has 0 spiro atoms. The lowest BCUT2D eigenvalue weighted by Gasteiger charge is -2.28. The van der Waals surface area contributed by atoms with E-state index in [-0.39, 0.29) is 0 Å². The zero-order valence-electron chi connectivity index (χ0n) is 13.2. The van der Waals surface area contributed by atoms with Crippen LogP contribution in [0.15, 0.2) is 24.3 Å². The van der Waals surface area contributed by atoms with Crippen molar-refractivity contribution < 1.29 is 9.47 Å². The summed E-state index contributed by atoms with van der Waals surface area (Å²) in [4.78, 5) is 2.39. The molecule has 4 heteroatoms. The van der Waals surface area contributed by atoms with Crippen LogP contribution in [-0.2, 0) is 22.6 Å². The summed E-state index contributed by atoms with van der Waals surface area (Å²) in [7, 11) is 5.45. The third-order valence-electron chi connectivity index (χ3n) is 3.40. The van der Waals surface area contributed by atoms with Crippen molar-refractivity contribution in [1.29, 1.82) is 0 Å². The van der Waals surface area contributed by atoms with Crippen molar-refractivity contribution in [2.24, 2.45) is 0 Å². The molecule has 20 heavy (non-hydrogen) atoms. The Labute approximate surface area is 123 Å². The molecule has 0 amide bonds. The van der Waals surface area contributed by atoms with Crippen LogP contribution in [0.25, 0.3) is 0 Å². The third kappa shape index (κ3) is 6.01. The van der Waals surface area contributed by atoms with Gasteiger partial charge in [-0.3, -0.25) is 4.90 Å². The van der Waals surface area contributed by atoms with Crippen LogP contribution >= 0.6 is 0 Å². The summed E-state index contributed by atoms with van der Waals surface area (Å²) in [6, 6.07) is 9.15.